The van der Waals surface area contributed by atoms with Crippen molar-refractivity contribution in [3.8, 4) is 0 Å². The van der Waals surface area contributed by atoms with Crippen molar-refractivity contribution in [1.82, 2.24) is 30.7 Å². The predicted octanol–water partition coefficient (Wildman–Crippen LogP) is 4.63. The molecule has 12 heteroatoms. The molecule has 48 heavy (non-hydrogen) atoms. The Hall–Kier alpha value is -4.00. The van der Waals surface area contributed by atoms with Gasteiger partial charge in [-0.2, -0.15) is 0 Å². The van der Waals surface area contributed by atoms with Gasteiger partial charge in [0.2, 0.25) is 5.91 Å². The molecule has 2 aromatic carbocycles. The molecule has 1 aliphatic rings. The number of amides is 4. The number of alkyl carbamates (subject to hydrolysis) is 1. The zero-order chi connectivity index (χ0) is 34.1. The summed E-state index contributed by atoms with van der Waals surface area (Å²) in [6.45, 7) is 7.63. The van der Waals surface area contributed by atoms with Crippen molar-refractivity contribution in [3.05, 3.63) is 88.4 Å². The van der Waals surface area contributed by atoms with Gasteiger partial charge in [0.05, 0.1) is 23.6 Å². The van der Waals surface area contributed by atoms with Crippen molar-refractivity contribution in [2.75, 3.05) is 39.9 Å². The minimum atomic E-state index is -0.709. The van der Waals surface area contributed by atoms with Gasteiger partial charge in [-0.05, 0) is 57.1 Å². The smallest absolute Gasteiger partial charge is 0.407 e. The maximum absolute atomic E-state index is 14.0. The Labute approximate surface area is 288 Å². The van der Waals surface area contributed by atoms with Crippen LogP contribution in [0.15, 0.2) is 72.4 Å². The number of nitrogens with zero attached hydrogens (tertiary/aromatic N) is 3. The average molecular weight is 679 g/mol. The van der Waals surface area contributed by atoms with E-state index in [-0.39, 0.29) is 36.7 Å². The van der Waals surface area contributed by atoms with Crippen molar-refractivity contribution in [2.24, 2.45) is 0 Å². The standard InChI is InChI=1S/C36H50N6O5S/c1-27(2)41(3)35(44)40-33(16-17-42-18-20-46-21-19-42)34(43)38-30(22-28-10-6-4-7-11-28)14-15-31(23-29-12-8-5-9-13-29)39-36(45)47-25-32-24-37-26-48-32/h4-13,24,26-27,30-31,33H,14-23,25H2,1-3H3,(H,38,43)(H,39,45)(H,40,44)/t30-,31+,33+/m0/s1. The van der Waals surface area contributed by atoms with Crippen LogP contribution in [0.2, 0.25) is 0 Å². The summed E-state index contributed by atoms with van der Waals surface area (Å²) >= 11 is 1.43. The number of urea groups is 1. The lowest BCUT2D eigenvalue weighted by Crippen LogP contribution is -2.54. The Kier molecular flexibility index (Phi) is 15.1. The van der Waals surface area contributed by atoms with E-state index in [1.54, 1.807) is 23.7 Å². The Bertz CT molecular complexity index is 1370. The first kappa shape index (κ1) is 36.8. The normalized spacial score (nSPS) is 15.2. The molecule has 1 aromatic heterocycles. The van der Waals surface area contributed by atoms with Gasteiger partial charge in [0, 0.05) is 51.0 Å². The van der Waals surface area contributed by atoms with E-state index in [4.69, 9.17) is 9.47 Å². The zero-order valence-corrected chi connectivity index (χ0v) is 29.1. The van der Waals surface area contributed by atoms with Gasteiger partial charge in [0.15, 0.2) is 0 Å². The van der Waals surface area contributed by atoms with Crippen LogP contribution >= 0.6 is 11.3 Å². The van der Waals surface area contributed by atoms with Crippen molar-refractivity contribution in [1.29, 1.82) is 0 Å². The highest BCUT2D eigenvalue weighted by molar-refractivity contribution is 7.09. The minimum absolute atomic E-state index is 0.0125. The predicted molar refractivity (Wildman–Crippen MR) is 188 cm³/mol. The van der Waals surface area contributed by atoms with E-state index in [1.807, 2.05) is 74.5 Å². The van der Waals surface area contributed by atoms with E-state index < -0.39 is 12.1 Å². The first-order chi connectivity index (χ1) is 23.3. The molecule has 260 valence electrons. The molecule has 4 rings (SSSR count). The topological polar surface area (TPSA) is 125 Å². The number of hydrogen-bond acceptors (Lipinski definition) is 8. The first-order valence-corrected chi connectivity index (χ1v) is 17.7. The summed E-state index contributed by atoms with van der Waals surface area (Å²) in [5.74, 6) is -0.216. The molecule has 0 saturated carbocycles. The lowest BCUT2D eigenvalue weighted by atomic mass is 9.95. The molecule has 4 amide bonds. The number of carbonyl (C=O) groups is 3. The minimum Gasteiger partial charge on any atom is -0.444 e. The third-order valence-electron chi connectivity index (χ3n) is 8.56. The van der Waals surface area contributed by atoms with Crippen molar-refractivity contribution in [2.45, 2.75) is 76.7 Å². The molecule has 3 atom stereocenters. The second kappa shape index (κ2) is 19.7. The number of nitrogens with one attached hydrogen (secondary N) is 3. The Morgan fingerprint density at radius 1 is 0.896 bits per heavy atom. The number of rotatable bonds is 17. The summed E-state index contributed by atoms with van der Waals surface area (Å²) < 4.78 is 11.0. The fraction of sp³-hybridized carbons (Fsp3) is 0.500. The largest absolute Gasteiger partial charge is 0.444 e. The Balaban J connectivity index is 1.46. The molecule has 1 aliphatic heterocycles. The van der Waals surface area contributed by atoms with Crippen molar-refractivity contribution in [3.63, 3.8) is 0 Å². The summed E-state index contributed by atoms with van der Waals surface area (Å²) in [6.07, 6.45) is 4.10. The van der Waals surface area contributed by atoms with Crippen LogP contribution in [0.3, 0.4) is 0 Å². The molecule has 1 saturated heterocycles. The summed E-state index contributed by atoms with van der Waals surface area (Å²) in [7, 11) is 1.73. The maximum atomic E-state index is 14.0. The first-order valence-electron chi connectivity index (χ1n) is 16.8. The van der Waals surface area contributed by atoms with Crippen LogP contribution in [0.1, 0.15) is 49.1 Å². The molecular formula is C36H50N6O5S. The van der Waals surface area contributed by atoms with E-state index in [0.29, 0.717) is 51.9 Å². The van der Waals surface area contributed by atoms with Crippen LogP contribution in [-0.2, 0) is 33.7 Å². The number of benzene rings is 2. The molecule has 1 fully saturated rings. The summed E-state index contributed by atoms with van der Waals surface area (Å²) in [4.78, 5) is 48.7. The monoisotopic (exact) mass is 678 g/mol. The SMILES string of the molecule is CC(C)N(C)C(=O)N[C@H](CCN1CCOCC1)C(=O)N[C@@H](CC[C@H](Cc1ccccc1)NC(=O)OCc1cncs1)Cc1ccccc1. The second-order valence-electron chi connectivity index (χ2n) is 12.5. The number of thiazole rings is 1. The Morgan fingerprint density at radius 2 is 1.50 bits per heavy atom. The number of morpholine rings is 1. The molecule has 3 N–H and O–H groups in total. The van der Waals surface area contributed by atoms with Gasteiger partial charge in [-0.3, -0.25) is 14.7 Å². The molecule has 11 nitrogen and oxygen atoms in total. The quantitative estimate of drug-likeness (QED) is 0.190. The van der Waals surface area contributed by atoms with Crippen LogP contribution in [0.25, 0.3) is 0 Å². The van der Waals surface area contributed by atoms with Gasteiger partial charge in [-0.15, -0.1) is 11.3 Å². The molecule has 0 spiro atoms. The summed E-state index contributed by atoms with van der Waals surface area (Å²) in [5, 5.41) is 9.34. The molecule has 0 radical (unpaired) electrons. The third kappa shape index (κ3) is 12.9. The summed E-state index contributed by atoms with van der Waals surface area (Å²) in [5.41, 5.74) is 3.89. The van der Waals surface area contributed by atoms with E-state index in [0.717, 1.165) is 29.1 Å². The van der Waals surface area contributed by atoms with E-state index in [2.05, 4.69) is 25.8 Å². The van der Waals surface area contributed by atoms with Gasteiger partial charge < -0.3 is 30.3 Å². The summed E-state index contributed by atoms with van der Waals surface area (Å²) in [6, 6.07) is 18.6. The van der Waals surface area contributed by atoms with Gasteiger partial charge in [0.25, 0.3) is 0 Å². The maximum Gasteiger partial charge on any atom is 0.407 e. The molecular weight excluding hydrogens is 629 g/mol. The number of carbonyl (C=O) groups excluding carboxylic acids is 3. The second-order valence-corrected chi connectivity index (χ2v) is 13.5. The number of hydrogen-bond donors (Lipinski definition) is 3. The lowest BCUT2D eigenvalue weighted by Gasteiger charge is -2.31. The number of aromatic nitrogens is 1. The highest BCUT2D eigenvalue weighted by Gasteiger charge is 2.27. The molecule has 3 aromatic rings. The van der Waals surface area contributed by atoms with E-state index in [1.165, 1.54) is 11.3 Å². The van der Waals surface area contributed by atoms with Crippen molar-refractivity contribution >= 4 is 29.4 Å². The lowest BCUT2D eigenvalue weighted by molar-refractivity contribution is -0.124. The van der Waals surface area contributed by atoms with Gasteiger partial charge >= 0.3 is 12.1 Å². The highest BCUT2D eigenvalue weighted by atomic mass is 32.1. The highest BCUT2D eigenvalue weighted by Crippen LogP contribution is 2.15. The molecule has 0 aliphatic carbocycles. The van der Waals surface area contributed by atoms with Gasteiger partial charge in [0.1, 0.15) is 12.6 Å². The van der Waals surface area contributed by atoms with Crippen molar-refractivity contribution < 1.29 is 23.9 Å². The van der Waals surface area contributed by atoms with Gasteiger partial charge in [-0.1, -0.05) is 60.7 Å². The van der Waals surface area contributed by atoms with Crippen LogP contribution in [-0.4, -0.2) is 96.9 Å². The zero-order valence-electron chi connectivity index (χ0n) is 28.3. The fourth-order valence-corrected chi connectivity index (χ4v) is 6.01. The van der Waals surface area contributed by atoms with Crippen LogP contribution < -0.4 is 16.0 Å². The third-order valence-corrected chi connectivity index (χ3v) is 9.31. The average Bonchev–Trinajstić information content (AvgIpc) is 3.63. The van der Waals surface area contributed by atoms with Crippen LogP contribution in [0, 0.1) is 0 Å². The van der Waals surface area contributed by atoms with Gasteiger partial charge in [-0.25, -0.2) is 9.59 Å². The Morgan fingerprint density at radius 3 is 2.06 bits per heavy atom. The van der Waals surface area contributed by atoms with Crippen LogP contribution in [0.5, 0.6) is 0 Å². The van der Waals surface area contributed by atoms with E-state index in [9.17, 15) is 14.4 Å². The molecule has 2 heterocycles. The fourth-order valence-electron chi connectivity index (χ4n) is 5.50. The van der Waals surface area contributed by atoms with E-state index >= 15 is 0 Å². The number of ether oxygens (including phenoxy) is 2. The molecule has 0 bridgehead atoms. The molecule has 0 unspecified atom stereocenters. The van der Waals surface area contributed by atoms with Crippen LogP contribution in [0.4, 0.5) is 9.59 Å².